The molecule has 0 spiro atoms. The highest BCUT2D eigenvalue weighted by molar-refractivity contribution is 7.80. The molecule has 14 heavy (non-hydrogen) atoms. The van der Waals surface area contributed by atoms with Gasteiger partial charge in [0.1, 0.15) is 0 Å². The van der Waals surface area contributed by atoms with Crippen molar-refractivity contribution in [1.82, 2.24) is 10.9 Å². The zero-order valence-corrected chi connectivity index (χ0v) is 9.22. The van der Waals surface area contributed by atoms with Crippen LogP contribution < -0.4 is 10.9 Å². The predicted molar refractivity (Wildman–Crippen MR) is 63.1 cm³/mol. The quantitative estimate of drug-likeness (QED) is 0.324. The fraction of sp³-hybridized carbons (Fsp3) is 0.500. The van der Waals surface area contributed by atoms with Gasteiger partial charge in [0.25, 0.3) is 0 Å². The van der Waals surface area contributed by atoms with E-state index < -0.39 is 0 Å². The fourth-order valence-electron chi connectivity index (χ4n) is 0.922. The molecule has 0 rings (SSSR count). The molecule has 0 aromatic heterocycles. The Bertz CT molecular complexity index is 195. The minimum Gasteiger partial charge on any atom is -0.292 e. The number of rotatable bonds is 8. The predicted octanol–water partition coefficient (Wildman–Crippen LogP) is 1.31. The van der Waals surface area contributed by atoms with Crippen molar-refractivity contribution in [3.05, 3.63) is 25.3 Å². The molecule has 3 nitrogen and oxygen atoms in total. The second-order valence-corrected chi connectivity index (χ2v) is 3.37. The van der Waals surface area contributed by atoms with E-state index >= 15 is 0 Å². The summed E-state index contributed by atoms with van der Waals surface area (Å²) in [5.74, 6) is 0.829. The number of carbonyl (C=O) groups excluding carboxylic acids is 1. The summed E-state index contributed by atoms with van der Waals surface area (Å²) in [5.41, 5.74) is 5.44. The van der Waals surface area contributed by atoms with E-state index in [2.05, 4.69) is 36.6 Å². The first-order valence-corrected chi connectivity index (χ1v) is 5.23. The third-order valence-corrected chi connectivity index (χ3v) is 1.96. The van der Waals surface area contributed by atoms with E-state index in [0.717, 1.165) is 6.42 Å². The van der Waals surface area contributed by atoms with Crippen LogP contribution in [0.4, 0.5) is 0 Å². The summed E-state index contributed by atoms with van der Waals surface area (Å²) in [6, 6.07) is 0. The summed E-state index contributed by atoms with van der Waals surface area (Å²) >= 11 is 3.96. The van der Waals surface area contributed by atoms with Crippen molar-refractivity contribution in [2.45, 2.75) is 12.8 Å². The van der Waals surface area contributed by atoms with Gasteiger partial charge < -0.3 is 0 Å². The van der Waals surface area contributed by atoms with Gasteiger partial charge in [-0.1, -0.05) is 12.2 Å². The summed E-state index contributed by atoms with van der Waals surface area (Å²) < 4.78 is 0. The number of amides is 1. The monoisotopic (exact) mass is 214 g/mol. The van der Waals surface area contributed by atoms with Crippen molar-refractivity contribution in [1.29, 1.82) is 0 Å². The molecule has 1 atom stereocenters. The molecule has 80 valence electrons. The Kier molecular flexibility index (Phi) is 8.37. The van der Waals surface area contributed by atoms with Gasteiger partial charge in [0.05, 0.1) is 0 Å². The van der Waals surface area contributed by atoms with Gasteiger partial charge in [-0.3, -0.25) is 10.2 Å². The second-order valence-electron chi connectivity index (χ2n) is 2.92. The van der Waals surface area contributed by atoms with Crippen molar-refractivity contribution >= 4 is 18.5 Å². The first-order valence-electron chi connectivity index (χ1n) is 4.60. The Hall–Kier alpha value is -0.740. The van der Waals surface area contributed by atoms with Crippen LogP contribution in [0.5, 0.6) is 0 Å². The molecule has 0 aliphatic carbocycles. The lowest BCUT2D eigenvalue weighted by Gasteiger charge is -2.11. The maximum absolute atomic E-state index is 11.0. The number of hydrazine groups is 1. The molecule has 0 aromatic rings. The summed E-state index contributed by atoms with van der Waals surface area (Å²) in [7, 11) is 0. The Morgan fingerprint density at radius 1 is 1.50 bits per heavy atom. The van der Waals surface area contributed by atoms with Gasteiger partial charge in [-0.05, 0) is 18.1 Å². The molecule has 0 fully saturated rings. The molecule has 0 radical (unpaired) electrons. The number of carbonyl (C=O) groups is 1. The molecule has 0 aliphatic rings. The molecule has 0 aliphatic heterocycles. The molecule has 0 saturated carbocycles. The van der Waals surface area contributed by atoms with Crippen LogP contribution in [0.2, 0.25) is 0 Å². The number of hydrogen-bond acceptors (Lipinski definition) is 3. The van der Waals surface area contributed by atoms with Gasteiger partial charge in [-0.25, -0.2) is 5.43 Å². The standard InChI is InChI=1S/C10H18N2OS/c1-3-5-9(4-2)8-11-12-10(13)6-7-14/h3-4,9,11,14H,1-2,5-8H2,(H,12,13). The normalized spacial score (nSPS) is 11.8. The fourth-order valence-corrected chi connectivity index (χ4v) is 1.12. The molecular formula is C10H18N2OS. The minimum absolute atomic E-state index is 0.0404. The van der Waals surface area contributed by atoms with Gasteiger partial charge in [0.2, 0.25) is 5.91 Å². The summed E-state index contributed by atoms with van der Waals surface area (Å²) in [5, 5.41) is 0. The Morgan fingerprint density at radius 2 is 2.21 bits per heavy atom. The van der Waals surface area contributed by atoms with E-state index in [4.69, 9.17) is 0 Å². The van der Waals surface area contributed by atoms with Crippen LogP contribution in [0, 0.1) is 5.92 Å². The Labute approximate surface area is 91.0 Å². The molecule has 2 N–H and O–H groups in total. The van der Waals surface area contributed by atoms with Crippen molar-refractivity contribution in [2.75, 3.05) is 12.3 Å². The second kappa shape index (κ2) is 8.84. The molecule has 0 saturated heterocycles. The molecule has 0 bridgehead atoms. The smallest absolute Gasteiger partial charge is 0.234 e. The van der Waals surface area contributed by atoms with Crippen molar-refractivity contribution in [3.63, 3.8) is 0 Å². The SMILES string of the molecule is C=CCC(C=C)CNNC(=O)CCS. The van der Waals surface area contributed by atoms with Crippen LogP contribution in [0.15, 0.2) is 25.3 Å². The lowest BCUT2D eigenvalue weighted by atomic mass is 10.1. The van der Waals surface area contributed by atoms with E-state index in [1.165, 1.54) is 0 Å². The van der Waals surface area contributed by atoms with Crippen molar-refractivity contribution in [2.24, 2.45) is 5.92 Å². The summed E-state index contributed by atoms with van der Waals surface area (Å²) in [4.78, 5) is 11.0. The van der Waals surface area contributed by atoms with Crippen LogP contribution in [-0.4, -0.2) is 18.2 Å². The number of allylic oxidation sites excluding steroid dienone is 1. The zero-order valence-electron chi connectivity index (χ0n) is 8.33. The molecule has 1 unspecified atom stereocenters. The van der Waals surface area contributed by atoms with Crippen molar-refractivity contribution in [3.8, 4) is 0 Å². The van der Waals surface area contributed by atoms with E-state index in [9.17, 15) is 4.79 Å². The highest BCUT2D eigenvalue weighted by Gasteiger charge is 2.02. The van der Waals surface area contributed by atoms with Crippen LogP contribution in [0.1, 0.15) is 12.8 Å². The first kappa shape index (κ1) is 13.3. The highest BCUT2D eigenvalue weighted by Crippen LogP contribution is 2.01. The van der Waals surface area contributed by atoms with Gasteiger partial charge in [-0.2, -0.15) is 12.6 Å². The van der Waals surface area contributed by atoms with Crippen LogP contribution in [-0.2, 0) is 4.79 Å². The van der Waals surface area contributed by atoms with Gasteiger partial charge in [0.15, 0.2) is 0 Å². The van der Waals surface area contributed by atoms with E-state index in [0.29, 0.717) is 24.6 Å². The minimum atomic E-state index is -0.0404. The van der Waals surface area contributed by atoms with E-state index in [-0.39, 0.29) is 5.91 Å². The van der Waals surface area contributed by atoms with Gasteiger partial charge in [0, 0.05) is 13.0 Å². The van der Waals surface area contributed by atoms with E-state index in [1.807, 2.05) is 12.2 Å². The number of hydrogen-bond donors (Lipinski definition) is 3. The average molecular weight is 214 g/mol. The van der Waals surface area contributed by atoms with Crippen molar-refractivity contribution < 1.29 is 4.79 Å². The maximum atomic E-state index is 11.0. The Balaban J connectivity index is 3.54. The number of thiol groups is 1. The maximum Gasteiger partial charge on any atom is 0.234 e. The van der Waals surface area contributed by atoms with E-state index in [1.54, 1.807) is 0 Å². The average Bonchev–Trinajstić information content (AvgIpc) is 2.17. The van der Waals surface area contributed by atoms with Gasteiger partial charge >= 0.3 is 0 Å². The van der Waals surface area contributed by atoms with Crippen LogP contribution in [0.25, 0.3) is 0 Å². The molecule has 0 aromatic carbocycles. The van der Waals surface area contributed by atoms with Crippen LogP contribution in [0.3, 0.4) is 0 Å². The molecule has 4 heteroatoms. The molecule has 0 heterocycles. The van der Waals surface area contributed by atoms with Crippen LogP contribution >= 0.6 is 12.6 Å². The summed E-state index contributed by atoms with van der Waals surface area (Å²) in [6.45, 7) is 8.02. The highest BCUT2D eigenvalue weighted by atomic mass is 32.1. The largest absolute Gasteiger partial charge is 0.292 e. The third kappa shape index (κ3) is 6.74. The third-order valence-electron chi connectivity index (χ3n) is 1.73. The first-order chi connectivity index (χ1) is 6.74. The zero-order chi connectivity index (χ0) is 10.8. The lowest BCUT2D eigenvalue weighted by Crippen LogP contribution is -2.40. The molecule has 1 amide bonds. The number of nitrogens with one attached hydrogen (secondary N) is 2. The molecular weight excluding hydrogens is 196 g/mol. The summed E-state index contributed by atoms with van der Waals surface area (Å²) in [6.07, 6.45) is 4.97. The van der Waals surface area contributed by atoms with Gasteiger partial charge in [-0.15, -0.1) is 13.2 Å². The lowest BCUT2D eigenvalue weighted by molar-refractivity contribution is -0.121. The Morgan fingerprint density at radius 3 is 2.71 bits per heavy atom. The topological polar surface area (TPSA) is 41.1 Å².